The van der Waals surface area contributed by atoms with Crippen LogP contribution in [0.15, 0.2) is 18.2 Å². The SMILES string of the molecule is CSCC(C)Cn1c(N)nc2ccc(F)cc21. The van der Waals surface area contributed by atoms with E-state index in [1.807, 2.05) is 4.57 Å². The summed E-state index contributed by atoms with van der Waals surface area (Å²) in [4.78, 5) is 4.23. The number of hydrogen-bond acceptors (Lipinski definition) is 3. The molecule has 2 aromatic rings. The highest BCUT2D eigenvalue weighted by atomic mass is 32.2. The van der Waals surface area contributed by atoms with Gasteiger partial charge in [-0.05, 0) is 36.1 Å². The van der Waals surface area contributed by atoms with Crippen LogP contribution in [0.4, 0.5) is 10.3 Å². The van der Waals surface area contributed by atoms with Crippen molar-refractivity contribution in [2.24, 2.45) is 5.92 Å². The minimum Gasteiger partial charge on any atom is -0.369 e. The molecule has 3 nitrogen and oxygen atoms in total. The van der Waals surface area contributed by atoms with Gasteiger partial charge in [0.15, 0.2) is 0 Å². The molecule has 5 heteroatoms. The first-order valence-electron chi connectivity index (χ1n) is 5.52. The van der Waals surface area contributed by atoms with E-state index in [1.165, 1.54) is 12.1 Å². The summed E-state index contributed by atoms with van der Waals surface area (Å²) in [5, 5.41) is 0. The third-order valence-corrected chi connectivity index (χ3v) is 3.59. The number of aromatic nitrogens is 2. The zero-order chi connectivity index (χ0) is 12.4. The average molecular weight is 253 g/mol. The Morgan fingerprint density at radius 1 is 1.53 bits per heavy atom. The van der Waals surface area contributed by atoms with Gasteiger partial charge in [-0.2, -0.15) is 11.8 Å². The smallest absolute Gasteiger partial charge is 0.201 e. The Morgan fingerprint density at radius 3 is 3.00 bits per heavy atom. The lowest BCUT2D eigenvalue weighted by atomic mass is 10.2. The first kappa shape index (κ1) is 12.2. The molecule has 1 aromatic heterocycles. The Labute approximate surface area is 104 Å². The van der Waals surface area contributed by atoms with Gasteiger partial charge in [-0.25, -0.2) is 9.37 Å². The fraction of sp³-hybridized carbons (Fsp3) is 0.417. The lowest BCUT2D eigenvalue weighted by molar-refractivity contribution is 0.545. The van der Waals surface area contributed by atoms with Gasteiger partial charge in [0.1, 0.15) is 5.82 Å². The Bertz CT molecular complexity index is 524. The highest BCUT2D eigenvalue weighted by molar-refractivity contribution is 7.98. The molecule has 0 amide bonds. The van der Waals surface area contributed by atoms with Crippen molar-refractivity contribution in [3.05, 3.63) is 24.0 Å². The molecule has 0 saturated heterocycles. The molecule has 0 aliphatic carbocycles. The van der Waals surface area contributed by atoms with Gasteiger partial charge in [0, 0.05) is 6.54 Å². The summed E-state index contributed by atoms with van der Waals surface area (Å²) in [7, 11) is 0. The van der Waals surface area contributed by atoms with Crippen LogP contribution in [0, 0.1) is 11.7 Å². The van der Waals surface area contributed by atoms with Crippen LogP contribution in [0.3, 0.4) is 0 Å². The van der Waals surface area contributed by atoms with Crippen molar-refractivity contribution >= 4 is 28.7 Å². The second-order valence-electron chi connectivity index (χ2n) is 4.27. The number of rotatable bonds is 4. The number of nitrogens with two attached hydrogens (primary N) is 1. The average Bonchev–Trinajstić information content (AvgIpc) is 2.56. The van der Waals surface area contributed by atoms with E-state index < -0.39 is 0 Å². The number of anilines is 1. The van der Waals surface area contributed by atoms with E-state index in [0.717, 1.165) is 23.3 Å². The molecule has 0 fully saturated rings. The first-order valence-corrected chi connectivity index (χ1v) is 6.91. The fourth-order valence-corrected chi connectivity index (χ4v) is 2.63. The Morgan fingerprint density at radius 2 is 2.29 bits per heavy atom. The van der Waals surface area contributed by atoms with Crippen LogP contribution < -0.4 is 5.73 Å². The van der Waals surface area contributed by atoms with E-state index >= 15 is 0 Å². The largest absolute Gasteiger partial charge is 0.369 e. The van der Waals surface area contributed by atoms with Gasteiger partial charge in [-0.3, -0.25) is 0 Å². The van der Waals surface area contributed by atoms with Gasteiger partial charge in [0.05, 0.1) is 11.0 Å². The zero-order valence-electron chi connectivity index (χ0n) is 9.98. The lowest BCUT2D eigenvalue weighted by Gasteiger charge is -2.12. The maximum absolute atomic E-state index is 13.2. The summed E-state index contributed by atoms with van der Waals surface area (Å²) in [6.07, 6.45) is 2.07. The van der Waals surface area contributed by atoms with Crippen LogP contribution in [0.5, 0.6) is 0 Å². The summed E-state index contributed by atoms with van der Waals surface area (Å²) in [5.74, 6) is 1.73. The van der Waals surface area contributed by atoms with Gasteiger partial charge >= 0.3 is 0 Å². The van der Waals surface area contributed by atoms with E-state index in [2.05, 4.69) is 18.2 Å². The Hall–Kier alpha value is -1.23. The topological polar surface area (TPSA) is 43.8 Å². The fourth-order valence-electron chi connectivity index (χ4n) is 1.96. The molecule has 1 heterocycles. The second kappa shape index (κ2) is 4.96. The molecule has 0 bridgehead atoms. The second-order valence-corrected chi connectivity index (χ2v) is 5.18. The molecular formula is C12H16FN3S. The van der Waals surface area contributed by atoms with Crippen molar-refractivity contribution in [1.29, 1.82) is 0 Å². The van der Waals surface area contributed by atoms with Crippen molar-refractivity contribution in [3.8, 4) is 0 Å². The molecule has 17 heavy (non-hydrogen) atoms. The molecule has 1 unspecified atom stereocenters. The van der Waals surface area contributed by atoms with Gasteiger partial charge in [0.25, 0.3) is 0 Å². The van der Waals surface area contributed by atoms with Gasteiger partial charge in [-0.15, -0.1) is 0 Å². The van der Waals surface area contributed by atoms with Crippen LogP contribution in [0.25, 0.3) is 11.0 Å². The van der Waals surface area contributed by atoms with E-state index in [1.54, 1.807) is 17.8 Å². The molecule has 0 saturated carbocycles. The van der Waals surface area contributed by atoms with E-state index in [9.17, 15) is 4.39 Å². The predicted octanol–water partition coefficient (Wildman–Crippen LogP) is 2.76. The molecular weight excluding hydrogens is 237 g/mol. The van der Waals surface area contributed by atoms with Crippen molar-refractivity contribution in [1.82, 2.24) is 9.55 Å². The highest BCUT2D eigenvalue weighted by Gasteiger charge is 2.11. The van der Waals surface area contributed by atoms with Crippen LogP contribution in [0.2, 0.25) is 0 Å². The third kappa shape index (κ3) is 2.54. The Kier molecular flexibility index (Phi) is 3.57. The number of nitrogen functional groups attached to an aromatic ring is 1. The summed E-state index contributed by atoms with van der Waals surface area (Å²) in [6, 6.07) is 4.56. The zero-order valence-corrected chi connectivity index (χ0v) is 10.8. The molecule has 92 valence electrons. The third-order valence-electron chi connectivity index (χ3n) is 2.69. The maximum atomic E-state index is 13.2. The summed E-state index contributed by atoms with van der Waals surface area (Å²) in [5.41, 5.74) is 7.39. The maximum Gasteiger partial charge on any atom is 0.201 e. The van der Waals surface area contributed by atoms with E-state index in [0.29, 0.717) is 11.9 Å². The Balaban J connectivity index is 2.38. The van der Waals surface area contributed by atoms with Crippen LogP contribution >= 0.6 is 11.8 Å². The van der Waals surface area contributed by atoms with Gasteiger partial charge in [-0.1, -0.05) is 6.92 Å². The van der Waals surface area contributed by atoms with Crippen LogP contribution in [-0.4, -0.2) is 21.6 Å². The quantitative estimate of drug-likeness (QED) is 0.911. The van der Waals surface area contributed by atoms with Crippen LogP contribution in [0.1, 0.15) is 6.92 Å². The van der Waals surface area contributed by atoms with Crippen molar-refractivity contribution < 1.29 is 4.39 Å². The molecule has 1 atom stereocenters. The molecule has 0 aliphatic rings. The number of hydrogen-bond donors (Lipinski definition) is 1. The molecule has 1 aromatic carbocycles. The lowest BCUT2D eigenvalue weighted by Crippen LogP contribution is -2.12. The van der Waals surface area contributed by atoms with Gasteiger partial charge < -0.3 is 10.3 Å². The number of benzene rings is 1. The molecule has 0 aliphatic heterocycles. The summed E-state index contributed by atoms with van der Waals surface area (Å²) < 4.78 is 15.1. The van der Waals surface area contributed by atoms with Crippen molar-refractivity contribution in [2.45, 2.75) is 13.5 Å². The number of imidazole rings is 1. The summed E-state index contributed by atoms with van der Waals surface area (Å²) in [6.45, 7) is 2.92. The molecule has 0 spiro atoms. The van der Waals surface area contributed by atoms with E-state index in [4.69, 9.17) is 5.73 Å². The number of thioether (sulfide) groups is 1. The van der Waals surface area contributed by atoms with Crippen molar-refractivity contribution in [2.75, 3.05) is 17.7 Å². The molecule has 2 N–H and O–H groups in total. The number of halogens is 1. The minimum absolute atomic E-state index is 0.254. The summed E-state index contributed by atoms with van der Waals surface area (Å²) >= 11 is 1.80. The van der Waals surface area contributed by atoms with Crippen LogP contribution in [-0.2, 0) is 6.54 Å². The van der Waals surface area contributed by atoms with Crippen molar-refractivity contribution in [3.63, 3.8) is 0 Å². The molecule has 2 rings (SSSR count). The number of nitrogens with zero attached hydrogens (tertiary/aromatic N) is 2. The molecule has 0 radical (unpaired) electrons. The monoisotopic (exact) mass is 253 g/mol. The van der Waals surface area contributed by atoms with E-state index in [-0.39, 0.29) is 5.82 Å². The first-order chi connectivity index (χ1) is 8.11. The highest BCUT2D eigenvalue weighted by Crippen LogP contribution is 2.21. The standard InChI is InChI=1S/C12H16FN3S/c1-8(7-17-2)6-16-11-5-9(13)3-4-10(11)15-12(16)14/h3-5,8H,6-7H2,1-2H3,(H2,14,15). The normalized spacial score (nSPS) is 13.1. The minimum atomic E-state index is -0.254. The predicted molar refractivity (Wildman–Crippen MR) is 71.6 cm³/mol. The van der Waals surface area contributed by atoms with Gasteiger partial charge in [0.2, 0.25) is 5.95 Å². The number of fused-ring (bicyclic) bond motifs is 1.